The largest absolute Gasteiger partial charge is 0.336 e. The first-order valence-corrected chi connectivity index (χ1v) is 10.4. The summed E-state index contributed by atoms with van der Waals surface area (Å²) in [6.45, 7) is 4.81. The number of carbonyl (C=O) groups is 2. The molecule has 1 aliphatic rings. The Morgan fingerprint density at radius 1 is 1.21 bits per heavy atom. The number of nitrogens with one attached hydrogen (secondary N) is 3. The topological polar surface area (TPSA) is 108 Å². The molecular formula is C19H22N4O4S. The first-order valence-electron chi connectivity index (χ1n) is 8.89. The van der Waals surface area contributed by atoms with Crippen LogP contribution in [0.15, 0.2) is 47.4 Å². The monoisotopic (exact) mass is 402 g/mol. The van der Waals surface area contributed by atoms with Gasteiger partial charge in [-0.15, -0.1) is 0 Å². The lowest BCUT2D eigenvalue weighted by atomic mass is 10.1. The number of amides is 3. The molecule has 0 unspecified atom stereocenters. The van der Waals surface area contributed by atoms with E-state index in [9.17, 15) is 18.0 Å². The van der Waals surface area contributed by atoms with Crippen LogP contribution in [0, 0.1) is 6.92 Å². The number of hydrogen-bond donors (Lipinski definition) is 3. The molecule has 28 heavy (non-hydrogen) atoms. The Morgan fingerprint density at radius 2 is 2.00 bits per heavy atom. The Bertz CT molecular complexity index is 1020. The van der Waals surface area contributed by atoms with Crippen LogP contribution in [0.1, 0.15) is 22.8 Å². The molecule has 8 nitrogen and oxygen atoms in total. The molecule has 0 aromatic heterocycles. The van der Waals surface area contributed by atoms with Gasteiger partial charge in [0.25, 0.3) is 5.91 Å². The van der Waals surface area contributed by atoms with Crippen molar-refractivity contribution >= 4 is 33.3 Å². The highest BCUT2D eigenvalue weighted by Gasteiger charge is 2.22. The van der Waals surface area contributed by atoms with Crippen molar-refractivity contribution in [1.29, 1.82) is 0 Å². The summed E-state index contributed by atoms with van der Waals surface area (Å²) in [4.78, 5) is 26.2. The fourth-order valence-electron chi connectivity index (χ4n) is 2.95. The normalized spacial score (nSPS) is 14.1. The highest BCUT2D eigenvalue weighted by atomic mass is 32.2. The van der Waals surface area contributed by atoms with Gasteiger partial charge in [0.15, 0.2) is 0 Å². The summed E-state index contributed by atoms with van der Waals surface area (Å²) >= 11 is 0. The molecule has 1 fully saturated rings. The second kappa shape index (κ2) is 7.99. The van der Waals surface area contributed by atoms with E-state index in [1.54, 1.807) is 49.1 Å². The molecule has 0 atom stereocenters. The zero-order valence-electron chi connectivity index (χ0n) is 15.7. The van der Waals surface area contributed by atoms with Gasteiger partial charge in [-0.05, 0) is 42.8 Å². The third kappa shape index (κ3) is 4.15. The van der Waals surface area contributed by atoms with Crippen molar-refractivity contribution < 1.29 is 18.0 Å². The van der Waals surface area contributed by atoms with Crippen molar-refractivity contribution in [1.82, 2.24) is 10.0 Å². The quantitative estimate of drug-likeness (QED) is 0.687. The second-order valence-corrected chi connectivity index (χ2v) is 8.13. The van der Waals surface area contributed by atoms with Crippen molar-refractivity contribution in [3.63, 3.8) is 0 Å². The fraction of sp³-hybridized carbons (Fsp3) is 0.263. The fourth-order valence-corrected chi connectivity index (χ4v) is 4.02. The van der Waals surface area contributed by atoms with Crippen molar-refractivity contribution in [3.05, 3.63) is 53.6 Å². The summed E-state index contributed by atoms with van der Waals surface area (Å²) < 4.78 is 26.8. The minimum atomic E-state index is -3.66. The molecule has 3 N–H and O–H groups in total. The number of aryl methyl sites for hydroxylation is 1. The van der Waals surface area contributed by atoms with Crippen LogP contribution < -0.4 is 20.3 Å². The molecular weight excluding hydrogens is 380 g/mol. The maximum Gasteiger partial charge on any atom is 0.321 e. The summed E-state index contributed by atoms with van der Waals surface area (Å²) in [6.07, 6.45) is 0. The molecule has 0 radical (unpaired) electrons. The van der Waals surface area contributed by atoms with E-state index < -0.39 is 15.9 Å². The van der Waals surface area contributed by atoms with Gasteiger partial charge >= 0.3 is 6.03 Å². The molecule has 2 aromatic rings. The molecule has 1 aliphatic heterocycles. The minimum absolute atomic E-state index is 0.0348. The van der Waals surface area contributed by atoms with E-state index in [-0.39, 0.29) is 23.0 Å². The maximum atomic E-state index is 12.7. The molecule has 3 rings (SSSR count). The smallest absolute Gasteiger partial charge is 0.321 e. The number of rotatable bonds is 6. The van der Waals surface area contributed by atoms with E-state index in [1.807, 2.05) is 0 Å². The van der Waals surface area contributed by atoms with Crippen LogP contribution in [0.3, 0.4) is 0 Å². The van der Waals surface area contributed by atoms with Gasteiger partial charge < -0.3 is 10.6 Å². The molecule has 9 heteroatoms. The molecule has 1 heterocycles. The number of urea groups is 1. The van der Waals surface area contributed by atoms with Gasteiger partial charge in [-0.3, -0.25) is 9.69 Å². The Labute approximate surface area is 164 Å². The van der Waals surface area contributed by atoms with Crippen LogP contribution >= 0.6 is 0 Å². The number of nitrogens with zero attached hydrogens (tertiary/aromatic N) is 1. The van der Waals surface area contributed by atoms with Gasteiger partial charge in [-0.1, -0.05) is 19.1 Å². The van der Waals surface area contributed by atoms with Crippen molar-refractivity contribution in [2.24, 2.45) is 0 Å². The van der Waals surface area contributed by atoms with Crippen LogP contribution in [0.2, 0.25) is 0 Å². The van der Waals surface area contributed by atoms with Gasteiger partial charge in [0.1, 0.15) is 0 Å². The minimum Gasteiger partial charge on any atom is -0.336 e. The van der Waals surface area contributed by atoms with Crippen LogP contribution in [0.25, 0.3) is 0 Å². The van der Waals surface area contributed by atoms with E-state index in [1.165, 1.54) is 12.1 Å². The first kappa shape index (κ1) is 19.8. The lowest BCUT2D eigenvalue weighted by Crippen LogP contribution is -2.27. The van der Waals surface area contributed by atoms with Crippen LogP contribution in [-0.4, -0.2) is 40.0 Å². The SMILES string of the molecule is CCNS(=O)(=O)c1ccc(C)c(C(=O)Nc2cccc(N3CCNC3=O)c2)c1. The summed E-state index contributed by atoms with van der Waals surface area (Å²) in [5.74, 6) is -0.422. The third-order valence-electron chi connectivity index (χ3n) is 4.37. The highest BCUT2D eigenvalue weighted by Crippen LogP contribution is 2.22. The highest BCUT2D eigenvalue weighted by molar-refractivity contribution is 7.89. The number of benzene rings is 2. The molecule has 0 saturated carbocycles. The number of sulfonamides is 1. The summed E-state index contributed by atoms with van der Waals surface area (Å²) in [6, 6.07) is 11.2. The molecule has 1 saturated heterocycles. The van der Waals surface area contributed by atoms with E-state index in [4.69, 9.17) is 0 Å². The number of anilines is 2. The van der Waals surface area contributed by atoms with Crippen molar-refractivity contribution in [2.45, 2.75) is 18.7 Å². The zero-order valence-corrected chi connectivity index (χ0v) is 16.5. The van der Waals surface area contributed by atoms with Gasteiger partial charge in [-0.25, -0.2) is 17.9 Å². The molecule has 148 valence electrons. The average molecular weight is 402 g/mol. The standard InChI is InChI=1S/C19H22N4O4S/c1-3-21-28(26,27)16-8-7-13(2)17(12-16)18(24)22-14-5-4-6-15(11-14)23-10-9-20-19(23)25/h4-8,11-12,21H,3,9-10H2,1-2H3,(H,20,25)(H,22,24). The van der Waals surface area contributed by atoms with Crippen molar-refractivity contribution in [2.75, 3.05) is 29.9 Å². The van der Waals surface area contributed by atoms with Crippen molar-refractivity contribution in [3.8, 4) is 0 Å². The lowest BCUT2D eigenvalue weighted by molar-refractivity contribution is 0.102. The Balaban J connectivity index is 1.84. The van der Waals surface area contributed by atoms with Crippen LogP contribution in [-0.2, 0) is 10.0 Å². The molecule has 3 amide bonds. The molecule has 0 aliphatic carbocycles. The summed E-state index contributed by atoms with van der Waals surface area (Å²) in [7, 11) is -3.66. The molecule has 2 aromatic carbocycles. The molecule has 0 bridgehead atoms. The van der Waals surface area contributed by atoms with E-state index in [0.717, 1.165) is 0 Å². The Hall–Kier alpha value is -2.91. The van der Waals surface area contributed by atoms with Gasteiger partial charge in [-0.2, -0.15) is 0 Å². The van der Waals surface area contributed by atoms with Crippen LogP contribution in [0.4, 0.5) is 16.2 Å². The van der Waals surface area contributed by atoms with E-state index in [0.29, 0.717) is 30.0 Å². The number of carbonyl (C=O) groups excluding carboxylic acids is 2. The summed E-state index contributed by atoms with van der Waals surface area (Å²) in [5.41, 5.74) is 2.11. The van der Waals surface area contributed by atoms with E-state index in [2.05, 4.69) is 15.4 Å². The maximum absolute atomic E-state index is 12.7. The Morgan fingerprint density at radius 3 is 2.68 bits per heavy atom. The number of hydrogen-bond acceptors (Lipinski definition) is 4. The van der Waals surface area contributed by atoms with Gasteiger partial charge in [0.2, 0.25) is 10.0 Å². The van der Waals surface area contributed by atoms with Crippen LogP contribution in [0.5, 0.6) is 0 Å². The third-order valence-corrected chi connectivity index (χ3v) is 5.91. The van der Waals surface area contributed by atoms with Gasteiger partial charge in [0, 0.05) is 36.6 Å². The predicted molar refractivity (Wildman–Crippen MR) is 107 cm³/mol. The van der Waals surface area contributed by atoms with E-state index >= 15 is 0 Å². The first-order chi connectivity index (χ1) is 13.3. The lowest BCUT2D eigenvalue weighted by Gasteiger charge is -2.16. The predicted octanol–water partition coefficient (Wildman–Crippen LogP) is 2.08. The Kier molecular flexibility index (Phi) is 5.66. The average Bonchev–Trinajstić information content (AvgIpc) is 3.08. The second-order valence-electron chi connectivity index (χ2n) is 6.37. The molecule has 0 spiro atoms. The van der Waals surface area contributed by atoms with Gasteiger partial charge in [0.05, 0.1) is 4.90 Å². The summed E-state index contributed by atoms with van der Waals surface area (Å²) in [5, 5.41) is 5.50. The zero-order chi connectivity index (χ0) is 20.3.